The monoisotopic (exact) mass is 432 g/mol. The Hall–Kier alpha value is -2.15. The second kappa shape index (κ2) is 9.57. The SMILES string of the molecule is C[C@H](NC(=O)C1CCN(S(=O)(=O)/C=C/c2ccccc2)CC1)c1cccc(Cl)c1. The Kier molecular flexibility index (Phi) is 7.11. The van der Waals surface area contributed by atoms with E-state index in [1.165, 1.54) is 9.71 Å². The third-order valence-electron chi connectivity index (χ3n) is 5.12. The van der Waals surface area contributed by atoms with Crippen molar-refractivity contribution in [1.29, 1.82) is 0 Å². The van der Waals surface area contributed by atoms with Crippen molar-refractivity contribution in [2.45, 2.75) is 25.8 Å². The molecule has 0 aromatic heterocycles. The van der Waals surface area contributed by atoms with Crippen LogP contribution in [0.2, 0.25) is 5.02 Å². The Morgan fingerprint density at radius 3 is 2.48 bits per heavy atom. The average Bonchev–Trinajstić information content (AvgIpc) is 2.73. The number of rotatable bonds is 6. The summed E-state index contributed by atoms with van der Waals surface area (Å²) in [6, 6.07) is 16.6. The number of benzene rings is 2. The lowest BCUT2D eigenvalue weighted by Crippen LogP contribution is -2.42. The summed E-state index contributed by atoms with van der Waals surface area (Å²) in [7, 11) is -3.50. The van der Waals surface area contributed by atoms with Gasteiger partial charge >= 0.3 is 0 Å². The van der Waals surface area contributed by atoms with E-state index in [4.69, 9.17) is 11.6 Å². The molecular formula is C22H25ClN2O3S. The fourth-order valence-corrected chi connectivity index (χ4v) is 4.80. The van der Waals surface area contributed by atoms with Crippen LogP contribution in [0.15, 0.2) is 60.0 Å². The molecule has 0 spiro atoms. The molecule has 1 heterocycles. The molecule has 1 saturated heterocycles. The van der Waals surface area contributed by atoms with Gasteiger partial charge in [-0.25, -0.2) is 8.42 Å². The first kappa shape index (κ1) is 21.6. The summed E-state index contributed by atoms with van der Waals surface area (Å²) in [4.78, 5) is 12.6. The molecule has 1 fully saturated rings. The average molecular weight is 433 g/mol. The first-order valence-electron chi connectivity index (χ1n) is 9.64. The molecular weight excluding hydrogens is 408 g/mol. The maximum atomic E-state index is 12.6. The molecule has 1 N–H and O–H groups in total. The first-order chi connectivity index (χ1) is 13.8. The van der Waals surface area contributed by atoms with Crippen molar-refractivity contribution in [2.24, 2.45) is 5.92 Å². The molecule has 7 heteroatoms. The molecule has 1 aliphatic rings. The summed E-state index contributed by atoms with van der Waals surface area (Å²) < 4.78 is 26.6. The van der Waals surface area contributed by atoms with Crippen LogP contribution in [0.1, 0.15) is 36.9 Å². The van der Waals surface area contributed by atoms with Crippen LogP contribution in [0.4, 0.5) is 0 Å². The predicted molar refractivity (Wildman–Crippen MR) is 117 cm³/mol. The molecule has 0 saturated carbocycles. The van der Waals surface area contributed by atoms with Gasteiger partial charge in [-0.05, 0) is 49.1 Å². The standard InChI is InChI=1S/C22H25ClN2O3S/c1-17(20-8-5-9-21(23)16-20)24-22(26)19-10-13-25(14-11-19)29(27,28)15-12-18-6-3-2-4-7-18/h2-9,12,15-17,19H,10-11,13-14H2,1H3,(H,24,26)/b15-12+/t17-/m0/s1. The van der Waals surface area contributed by atoms with Crippen molar-refractivity contribution in [3.8, 4) is 0 Å². The van der Waals surface area contributed by atoms with Crippen LogP contribution in [0, 0.1) is 5.92 Å². The summed E-state index contributed by atoms with van der Waals surface area (Å²) in [6.07, 6.45) is 2.61. The minimum atomic E-state index is -3.50. The van der Waals surface area contributed by atoms with Crippen molar-refractivity contribution in [1.82, 2.24) is 9.62 Å². The Morgan fingerprint density at radius 2 is 1.83 bits per heavy atom. The number of nitrogens with one attached hydrogen (secondary N) is 1. The largest absolute Gasteiger partial charge is 0.349 e. The first-order valence-corrected chi connectivity index (χ1v) is 11.5. The molecule has 0 unspecified atom stereocenters. The summed E-state index contributed by atoms with van der Waals surface area (Å²) in [5.41, 5.74) is 1.78. The number of sulfonamides is 1. The number of amides is 1. The van der Waals surface area contributed by atoms with Gasteiger partial charge < -0.3 is 5.32 Å². The lowest BCUT2D eigenvalue weighted by Gasteiger charge is -2.30. The highest BCUT2D eigenvalue weighted by Crippen LogP contribution is 2.23. The molecule has 0 radical (unpaired) electrons. The van der Waals surface area contributed by atoms with Crippen molar-refractivity contribution < 1.29 is 13.2 Å². The molecule has 1 amide bonds. The van der Waals surface area contributed by atoms with E-state index in [1.54, 1.807) is 12.1 Å². The van der Waals surface area contributed by atoms with Crippen molar-refractivity contribution in [2.75, 3.05) is 13.1 Å². The normalized spacial score (nSPS) is 17.3. The van der Waals surface area contributed by atoms with Gasteiger partial charge in [-0.15, -0.1) is 0 Å². The third kappa shape index (κ3) is 5.92. The van der Waals surface area contributed by atoms with Crippen LogP contribution >= 0.6 is 11.6 Å². The van der Waals surface area contributed by atoms with Crippen LogP contribution in [0.5, 0.6) is 0 Å². The van der Waals surface area contributed by atoms with E-state index < -0.39 is 10.0 Å². The topological polar surface area (TPSA) is 66.5 Å². The molecule has 1 atom stereocenters. The number of nitrogens with zero attached hydrogens (tertiary/aromatic N) is 1. The Morgan fingerprint density at radius 1 is 1.14 bits per heavy atom. The van der Waals surface area contributed by atoms with Gasteiger partial charge in [0, 0.05) is 29.4 Å². The molecule has 3 rings (SSSR count). The Labute approximate surface area is 177 Å². The maximum Gasteiger partial charge on any atom is 0.236 e. The van der Waals surface area contributed by atoms with E-state index in [0.717, 1.165) is 11.1 Å². The van der Waals surface area contributed by atoms with Crippen LogP contribution in [-0.4, -0.2) is 31.7 Å². The minimum Gasteiger partial charge on any atom is -0.349 e. The molecule has 5 nitrogen and oxygen atoms in total. The van der Waals surface area contributed by atoms with Crippen LogP contribution in [0.3, 0.4) is 0 Å². The van der Waals surface area contributed by atoms with Gasteiger partial charge in [-0.1, -0.05) is 54.1 Å². The van der Waals surface area contributed by atoms with E-state index >= 15 is 0 Å². The summed E-state index contributed by atoms with van der Waals surface area (Å²) in [5, 5.41) is 4.88. The summed E-state index contributed by atoms with van der Waals surface area (Å²) in [6.45, 7) is 2.59. The van der Waals surface area contributed by atoms with Crippen LogP contribution in [-0.2, 0) is 14.8 Å². The molecule has 0 bridgehead atoms. The number of hydrogen-bond donors (Lipinski definition) is 1. The second-order valence-electron chi connectivity index (χ2n) is 7.22. The fourth-order valence-electron chi connectivity index (χ4n) is 3.38. The van der Waals surface area contributed by atoms with Gasteiger partial charge in [-0.3, -0.25) is 4.79 Å². The van der Waals surface area contributed by atoms with Gasteiger partial charge in [0.15, 0.2) is 0 Å². The zero-order valence-electron chi connectivity index (χ0n) is 16.3. The molecule has 2 aromatic rings. The number of hydrogen-bond acceptors (Lipinski definition) is 3. The third-order valence-corrected chi connectivity index (χ3v) is 6.92. The maximum absolute atomic E-state index is 12.6. The molecule has 154 valence electrons. The highest BCUT2D eigenvalue weighted by molar-refractivity contribution is 7.92. The van der Waals surface area contributed by atoms with Crippen molar-refractivity contribution in [3.05, 3.63) is 76.2 Å². The summed E-state index contributed by atoms with van der Waals surface area (Å²) in [5.74, 6) is -0.240. The zero-order valence-corrected chi connectivity index (χ0v) is 17.9. The second-order valence-corrected chi connectivity index (χ2v) is 9.47. The number of halogens is 1. The van der Waals surface area contributed by atoms with Gasteiger partial charge in [0.25, 0.3) is 0 Å². The van der Waals surface area contributed by atoms with E-state index in [-0.39, 0.29) is 17.9 Å². The highest BCUT2D eigenvalue weighted by Gasteiger charge is 2.30. The van der Waals surface area contributed by atoms with Crippen molar-refractivity contribution in [3.63, 3.8) is 0 Å². The molecule has 2 aromatic carbocycles. The van der Waals surface area contributed by atoms with Crippen LogP contribution in [0.25, 0.3) is 6.08 Å². The number of piperidine rings is 1. The van der Waals surface area contributed by atoms with Gasteiger partial charge in [0.2, 0.25) is 15.9 Å². The lowest BCUT2D eigenvalue weighted by atomic mass is 9.96. The highest BCUT2D eigenvalue weighted by atomic mass is 35.5. The predicted octanol–water partition coefficient (Wildman–Crippen LogP) is 4.23. The molecule has 0 aliphatic carbocycles. The quantitative estimate of drug-likeness (QED) is 0.742. The number of carbonyl (C=O) groups is 1. The van der Waals surface area contributed by atoms with E-state index in [9.17, 15) is 13.2 Å². The van der Waals surface area contributed by atoms with Gasteiger partial charge in [0.05, 0.1) is 6.04 Å². The molecule has 1 aliphatic heterocycles. The lowest BCUT2D eigenvalue weighted by molar-refractivity contribution is -0.126. The smallest absolute Gasteiger partial charge is 0.236 e. The van der Waals surface area contributed by atoms with E-state index in [2.05, 4.69) is 5.32 Å². The van der Waals surface area contributed by atoms with Crippen LogP contribution < -0.4 is 5.32 Å². The number of carbonyl (C=O) groups excluding carboxylic acids is 1. The van der Waals surface area contributed by atoms with Gasteiger partial charge in [-0.2, -0.15) is 4.31 Å². The Bertz CT molecular complexity index is 969. The van der Waals surface area contributed by atoms with Crippen molar-refractivity contribution >= 4 is 33.6 Å². The van der Waals surface area contributed by atoms with E-state index in [1.807, 2.05) is 55.5 Å². The fraction of sp³-hybridized carbons (Fsp3) is 0.318. The van der Waals surface area contributed by atoms with E-state index in [0.29, 0.717) is 31.0 Å². The Balaban J connectivity index is 1.54. The zero-order chi connectivity index (χ0) is 20.9. The minimum absolute atomic E-state index is 0.0469. The summed E-state index contributed by atoms with van der Waals surface area (Å²) >= 11 is 6.02. The van der Waals surface area contributed by atoms with Gasteiger partial charge in [0.1, 0.15) is 0 Å². The molecule has 29 heavy (non-hydrogen) atoms.